The standard InChI is InChI=1S/C12H18N2O/c1-8(2)14(4)12(15)10-7-9(3)5-6-11(10)13/h5-8H,13H2,1-4H3. The van der Waals surface area contributed by atoms with E-state index in [2.05, 4.69) is 0 Å². The van der Waals surface area contributed by atoms with E-state index in [0.717, 1.165) is 5.56 Å². The molecule has 0 bridgehead atoms. The first-order valence-corrected chi connectivity index (χ1v) is 5.06. The van der Waals surface area contributed by atoms with Crippen LogP contribution >= 0.6 is 0 Å². The van der Waals surface area contributed by atoms with Crippen LogP contribution in [0.3, 0.4) is 0 Å². The molecule has 1 rings (SSSR count). The van der Waals surface area contributed by atoms with Crippen LogP contribution < -0.4 is 5.73 Å². The minimum atomic E-state index is -0.0220. The number of carbonyl (C=O) groups is 1. The zero-order valence-corrected chi connectivity index (χ0v) is 9.74. The van der Waals surface area contributed by atoms with Gasteiger partial charge in [-0.3, -0.25) is 4.79 Å². The molecule has 0 aliphatic heterocycles. The molecule has 2 N–H and O–H groups in total. The molecule has 0 atom stereocenters. The molecule has 0 unspecified atom stereocenters. The molecule has 1 amide bonds. The third-order valence-corrected chi connectivity index (χ3v) is 2.53. The van der Waals surface area contributed by atoms with Gasteiger partial charge < -0.3 is 10.6 Å². The topological polar surface area (TPSA) is 46.3 Å². The molecular formula is C12H18N2O. The predicted octanol–water partition coefficient (Wildman–Crippen LogP) is 2.06. The number of nitrogens with two attached hydrogens (primary N) is 1. The highest BCUT2D eigenvalue weighted by Crippen LogP contribution is 2.16. The molecule has 3 nitrogen and oxygen atoms in total. The summed E-state index contributed by atoms with van der Waals surface area (Å²) in [4.78, 5) is 13.7. The summed E-state index contributed by atoms with van der Waals surface area (Å²) in [6.45, 7) is 5.90. The molecule has 0 saturated carbocycles. The first-order valence-electron chi connectivity index (χ1n) is 5.06. The first-order chi connectivity index (χ1) is 6.93. The molecule has 0 fully saturated rings. The molecule has 0 aromatic heterocycles. The Bertz CT molecular complexity index is 372. The predicted molar refractivity (Wildman–Crippen MR) is 62.8 cm³/mol. The Balaban J connectivity index is 3.05. The van der Waals surface area contributed by atoms with Gasteiger partial charge in [-0.2, -0.15) is 0 Å². The number of anilines is 1. The highest BCUT2D eigenvalue weighted by molar-refractivity contribution is 5.99. The van der Waals surface area contributed by atoms with Gasteiger partial charge >= 0.3 is 0 Å². The van der Waals surface area contributed by atoms with E-state index in [4.69, 9.17) is 5.73 Å². The molecule has 0 spiro atoms. The number of carbonyl (C=O) groups excluding carboxylic acids is 1. The zero-order valence-electron chi connectivity index (χ0n) is 9.74. The third kappa shape index (κ3) is 2.49. The van der Waals surface area contributed by atoms with Crippen molar-refractivity contribution in [2.24, 2.45) is 0 Å². The lowest BCUT2D eigenvalue weighted by atomic mass is 10.1. The van der Waals surface area contributed by atoms with Crippen LogP contribution in [0.1, 0.15) is 29.8 Å². The van der Waals surface area contributed by atoms with Crippen molar-refractivity contribution in [1.29, 1.82) is 0 Å². The normalized spacial score (nSPS) is 10.5. The van der Waals surface area contributed by atoms with Gasteiger partial charge in [-0.15, -0.1) is 0 Å². The second kappa shape index (κ2) is 4.34. The van der Waals surface area contributed by atoms with E-state index in [1.807, 2.05) is 32.9 Å². The molecule has 15 heavy (non-hydrogen) atoms. The van der Waals surface area contributed by atoms with Crippen molar-refractivity contribution in [2.45, 2.75) is 26.8 Å². The minimum absolute atomic E-state index is 0.0220. The van der Waals surface area contributed by atoms with Crippen LogP contribution in [0.25, 0.3) is 0 Å². The zero-order chi connectivity index (χ0) is 11.6. The van der Waals surface area contributed by atoms with E-state index in [0.29, 0.717) is 11.3 Å². The maximum atomic E-state index is 12.0. The van der Waals surface area contributed by atoms with Crippen molar-refractivity contribution < 1.29 is 4.79 Å². The highest BCUT2D eigenvalue weighted by atomic mass is 16.2. The van der Waals surface area contributed by atoms with E-state index in [9.17, 15) is 4.79 Å². The van der Waals surface area contributed by atoms with Crippen LogP contribution in [0.4, 0.5) is 5.69 Å². The summed E-state index contributed by atoms with van der Waals surface area (Å²) in [6, 6.07) is 5.69. The van der Waals surface area contributed by atoms with Crippen LogP contribution in [-0.4, -0.2) is 23.9 Å². The second-order valence-corrected chi connectivity index (χ2v) is 4.10. The highest BCUT2D eigenvalue weighted by Gasteiger charge is 2.16. The fourth-order valence-corrected chi connectivity index (χ4v) is 1.28. The van der Waals surface area contributed by atoms with Crippen molar-refractivity contribution >= 4 is 11.6 Å². The van der Waals surface area contributed by atoms with E-state index >= 15 is 0 Å². The lowest BCUT2D eigenvalue weighted by molar-refractivity contribution is 0.0756. The van der Waals surface area contributed by atoms with Crippen molar-refractivity contribution in [3.63, 3.8) is 0 Å². The van der Waals surface area contributed by atoms with Gasteiger partial charge in [0, 0.05) is 18.8 Å². The lowest BCUT2D eigenvalue weighted by Gasteiger charge is -2.22. The van der Waals surface area contributed by atoms with E-state index < -0.39 is 0 Å². The van der Waals surface area contributed by atoms with Crippen molar-refractivity contribution in [1.82, 2.24) is 4.90 Å². The maximum Gasteiger partial charge on any atom is 0.255 e. The Morgan fingerprint density at radius 2 is 2.00 bits per heavy atom. The van der Waals surface area contributed by atoms with Crippen molar-refractivity contribution in [2.75, 3.05) is 12.8 Å². The Kier molecular flexibility index (Phi) is 3.35. The van der Waals surface area contributed by atoms with Gasteiger partial charge in [-0.05, 0) is 32.9 Å². The largest absolute Gasteiger partial charge is 0.398 e. The molecule has 82 valence electrons. The SMILES string of the molecule is Cc1ccc(N)c(C(=O)N(C)C(C)C)c1. The number of nitrogens with zero attached hydrogens (tertiary/aromatic N) is 1. The van der Waals surface area contributed by atoms with Crippen LogP contribution in [0, 0.1) is 6.92 Å². The van der Waals surface area contributed by atoms with E-state index in [1.54, 1.807) is 18.0 Å². The molecular weight excluding hydrogens is 188 g/mol. The first kappa shape index (κ1) is 11.6. The second-order valence-electron chi connectivity index (χ2n) is 4.10. The van der Waals surface area contributed by atoms with Gasteiger partial charge in [0.15, 0.2) is 0 Å². The fraction of sp³-hybridized carbons (Fsp3) is 0.417. The quantitative estimate of drug-likeness (QED) is 0.753. The molecule has 3 heteroatoms. The number of nitrogen functional groups attached to an aromatic ring is 1. The van der Waals surface area contributed by atoms with Crippen molar-refractivity contribution in [3.05, 3.63) is 29.3 Å². The Hall–Kier alpha value is -1.51. The third-order valence-electron chi connectivity index (χ3n) is 2.53. The maximum absolute atomic E-state index is 12.0. The summed E-state index contributed by atoms with van der Waals surface area (Å²) in [5.41, 5.74) is 7.96. The summed E-state index contributed by atoms with van der Waals surface area (Å²) in [6.07, 6.45) is 0. The van der Waals surface area contributed by atoms with Crippen LogP contribution in [0.15, 0.2) is 18.2 Å². The Morgan fingerprint density at radius 1 is 1.40 bits per heavy atom. The van der Waals surface area contributed by atoms with E-state index in [1.165, 1.54) is 0 Å². The van der Waals surface area contributed by atoms with Crippen LogP contribution in [-0.2, 0) is 0 Å². The van der Waals surface area contributed by atoms with Gasteiger partial charge in [0.25, 0.3) is 5.91 Å². The summed E-state index contributed by atoms with van der Waals surface area (Å²) < 4.78 is 0. The molecule has 0 radical (unpaired) electrons. The number of benzene rings is 1. The average Bonchev–Trinajstić information content (AvgIpc) is 2.19. The number of hydrogen-bond donors (Lipinski definition) is 1. The van der Waals surface area contributed by atoms with Gasteiger partial charge in [-0.1, -0.05) is 11.6 Å². The van der Waals surface area contributed by atoms with Crippen LogP contribution in [0.5, 0.6) is 0 Å². The fourth-order valence-electron chi connectivity index (χ4n) is 1.28. The summed E-state index contributed by atoms with van der Waals surface area (Å²) in [7, 11) is 1.79. The molecule has 0 aliphatic rings. The number of aryl methyl sites for hydroxylation is 1. The monoisotopic (exact) mass is 206 g/mol. The van der Waals surface area contributed by atoms with E-state index in [-0.39, 0.29) is 11.9 Å². The van der Waals surface area contributed by atoms with Gasteiger partial charge in [-0.25, -0.2) is 0 Å². The number of amides is 1. The van der Waals surface area contributed by atoms with Gasteiger partial charge in [0.05, 0.1) is 5.56 Å². The minimum Gasteiger partial charge on any atom is -0.398 e. The average molecular weight is 206 g/mol. The smallest absolute Gasteiger partial charge is 0.255 e. The number of rotatable bonds is 2. The van der Waals surface area contributed by atoms with Gasteiger partial charge in [0.2, 0.25) is 0 Å². The number of hydrogen-bond acceptors (Lipinski definition) is 2. The molecule has 1 aromatic rings. The molecule has 1 aromatic carbocycles. The van der Waals surface area contributed by atoms with Gasteiger partial charge in [0.1, 0.15) is 0 Å². The Labute approximate surface area is 90.9 Å². The summed E-state index contributed by atoms with van der Waals surface area (Å²) in [5.74, 6) is -0.0220. The Morgan fingerprint density at radius 3 is 2.53 bits per heavy atom. The van der Waals surface area contributed by atoms with Crippen molar-refractivity contribution in [3.8, 4) is 0 Å². The summed E-state index contributed by atoms with van der Waals surface area (Å²) >= 11 is 0. The molecule has 0 saturated heterocycles. The molecule has 0 heterocycles. The summed E-state index contributed by atoms with van der Waals surface area (Å²) in [5, 5.41) is 0. The lowest BCUT2D eigenvalue weighted by Crippen LogP contribution is -2.33. The molecule has 0 aliphatic carbocycles. The van der Waals surface area contributed by atoms with Crippen LogP contribution in [0.2, 0.25) is 0 Å².